The van der Waals surface area contributed by atoms with E-state index in [-0.39, 0.29) is 5.56 Å². The molecule has 0 spiro atoms. The fraction of sp³-hybridized carbons (Fsp3) is 0.316. The van der Waals surface area contributed by atoms with Gasteiger partial charge in [0.15, 0.2) is 0 Å². The van der Waals surface area contributed by atoms with Crippen molar-refractivity contribution < 1.29 is 4.39 Å². The summed E-state index contributed by atoms with van der Waals surface area (Å²) in [6, 6.07) is 15.6. The summed E-state index contributed by atoms with van der Waals surface area (Å²) in [5.74, 6) is -0.440. The molecule has 0 saturated carbocycles. The molecule has 0 amide bonds. The van der Waals surface area contributed by atoms with Crippen LogP contribution in [0.25, 0.3) is 0 Å². The minimum Gasteiger partial charge on any atom is -0.382 e. The third kappa shape index (κ3) is 3.45. The van der Waals surface area contributed by atoms with Gasteiger partial charge in [0, 0.05) is 24.8 Å². The highest BCUT2D eigenvalue weighted by atomic mass is 19.1. The zero-order valence-electron chi connectivity index (χ0n) is 13.2. The smallest absolute Gasteiger partial charge is 0.143 e. The van der Waals surface area contributed by atoms with Crippen molar-refractivity contribution >= 4 is 11.4 Å². The Kier molecular flexibility index (Phi) is 4.47. The minimum absolute atomic E-state index is 0.151. The fourth-order valence-corrected chi connectivity index (χ4v) is 3.12. The predicted octanol–water partition coefficient (Wildman–Crippen LogP) is 4.09. The summed E-state index contributed by atoms with van der Waals surface area (Å²) >= 11 is 0. The maximum Gasteiger partial charge on any atom is 0.143 e. The van der Waals surface area contributed by atoms with Crippen LogP contribution in [-0.2, 0) is 0 Å². The molecule has 1 heterocycles. The van der Waals surface area contributed by atoms with Crippen LogP contribution in [0.4, 0.5) is 15.8 Å². The van der Waals surface area contributed by atoms with Crippen molar-refractivity contribution in [3.8, 4) is 6.07 Å². The van der Waals surface area contributed by atoms with Gasteiger partial charge in [-0.3, -0.25) is 0 Å². The van der Waals surface area contributed by atoms with Gasteiger partial charge in [-0.25, -0.2) is 4.39 Å². The lowest BCUT2D eigenvalue weighted by atomic mass is 10.0. The van der Waals surface area contributed by atoms with Crippen molar-refractivity contribution in [3.05, 3.63) is 59.4 Å². The van der Waals surface area contributed by atoms with E-state index < -0.39 is 5.82 Å². The summed E-state index contributed by atoms with van der Waals surface area (Å²) in [4.78, 5) is 2.11. The number of nitrogens with one attached hydrogen (secondary N) is 1. The van der Waals surface area contributed by atoms with Crippen LogP contribution in [0.15, 0.2) is 42.5 Å². The second-order valence-corrected chi connectivity index (χ2v) is 6.02. The average molecular weight is 309 g/mol. The third-order valence-electron chi connectivity index (χ3n) is 4.33. The first-order valence-corrected chi connectivity index (χ1v) is 7.94. The van der Waals surface area contributed by atoms with Crippen molar-refractivity contribution in [3.63, 3.8) is 0 Å². The number of hydrogen-bond donors (Lipinski definition) is 1. The number of anilines is 2. The Morgan fingerprint density at radius 2 is 1.91 bits per heavy atom. The Morgan fingerprint density at radius 3 is 2.61 bits per heavy atom. The Bertz CT molecular complexity index is 728. The number of nitriles is 1. The summed E-state index contributed by atoms with van der Waals surface area (Å²) < 4.78 is 13.7. The second-order valence-electron chi connectivity index (χ2n) is 6.02. The van der Waals surface area contributed by atoms with E-state index in [4.69, 9.17) is 0 Å². The van der Waals surface area contributed by atoms with Crippen molar-refractivity contribution in [2.24, 2.45) is 0 Å². The maximum atomic E-state index is 13.7. The molecular formula is C19H20FN3. The zero-order chi connectivity index (χ0) is 16.2. The van der Waals surface area contributed by atoms with E-state index in [2.05, 4.69) is 41.4 Å². The molecule has 2 aromatic carbocycles. The van der Waals surface area contributed by atoms with E-state index in [1.807, 2.05) is 12.1 Å². The van der Waals surface area contributed by atoms with Gasteiger partial charge in [0.1, 0.15) is 17.4 Å². The van der Waals surface area contributed by atoms with E-state index in [0.717, 1.165) is 31.6 Å². The van der Waals surface area contributed by atoms with Crippen LogP contribution >= 0.6 is 0 Å². The summed E-state index contributed by atoms with van der Waals surface area (Å²) in [6.07, 6.45) is 1.94. The van der Waals surface area contributed by atoms with Crippen LogP contribution in [0.2, 0.25) is 0 Å². The standard InChI is InChI=1S/C19H20FN3/c1-14-4-2-5-16(12-14)22-15-8-10-23(11-9-15)19-7-3-6-18(20)17(19)13-21/h2-7,12,15,22H,8-11H2,1H3. The Labute approximate surface area is 136 Å². The molecular weight excluding hydrogens is 289 g/mol. The lowest BCUT2D eigenvalue weighted by Gasteiger charge is -2.34. The topological polar surface area (TPSA) is 39.1 Å². The van der Waals surface area contributed by atoms with Gasteiger partial charge in [0.05, 0.1) is 5.69 Å². The van der Waals surface area contributed by atoms with E-state index in [1.165, 1.54) is 11.6 Å². The van der Waals surface area contributed by atoms with E-state index in [0.29, 0.717) is 11.7 Å². The predicted molar refractivity (Wildman–Crippen MR) is 91.2 cm³/mol. The maximum absolute atomic E-state index is 13.7. The summed E-state index contributed by atoms with van der Waals surface area (Å²) in [7, 11) is 0. The monoisotopic (exact) mass is 309 g/mol. The molecule has 0 aliphatic carbocycles. The molecule has 3 rings (SSSR count). The Morgan fingerprint density at radius 1 is 1.17 bits per heavy atom. The van der Waals surface area contributed by atoms with Gasteiger partial charge in [-0.2, -0.15) is 5.26 Å². The van der Waals surface area contributed by atoms with Gasteiger partial charge < -0.3 is 10.2 Å². The van der Waals surface area contributed by atoms with Crippen molar-refractivity contribution in [1.82, 2.24) is 0 Å². The largest absolute Gasteiger partial charge is 0.382 e. The number of halogens is 1. The van der Waals surface area contributed by atoms with Gasteiger partial charge in [-0.1, -0.05) is 18.2 Å². The molecule has 23 heavy (non-hydrogen) atoms. The van der Waals surface area contributed by atoms with Gasteiger partial charge in [0.25, 0.3) is 0 Å². The SMILES string of the molecule is Cc1cccc(NC2CCN(c3cccc(F)c3C#N)CC2)c1. The molecule has 0 unspecified atom stereocenters. The first-order chi connectivity index (χ1) is 11.2. The number of nitrogens with zero attached hydrogens (tertiary/aromatic N) is 2. The van der Waals surface area contributed by atoms with Crippen molar-refractivity contribution in [1.29, 1.82) is 5.26 Å². The van der Waals surface area contributed by atoms with Gasteiger partial charge >= 0.3 is 0 Å². The summed E-state index contributed by atoms with van der Waals surface area (Å²) in [5, 5.41) is 12.7. The van der Waals surface area contributed by atoms with Crippen LogP contribution in [0.5, 0.6) is 0 Å². The molecule has 3 nitrogen and oxygen atoms in total. The van der Waals surface area contributed by atoms with E-state index in [9.17, 15) is 9.65 Å². The Hall–Kier alpha value is -2.54. The quantitative estimate of drug-likeness (QED) is 0.928. The van der Waals surface area contributed by atoms with Crippen LogP contribution < -0.4 is 10.2 Å². The summed E-state index contributed by atoms with van der Waals surface area (Å²) in [5.41, 5.74) is 3.25. The van der Waals surface area contributed by atoms with Gasteiger partial charge in [-0.05, 0) is 49.6 Å². The number of rotatable bonds is 3. The van der Waals surface area contributed by atoms with Crippen molar-refractivity contribution in [2.45, 2.75) is 25.8 Å². The summed E-state index contributed by atoms with van der Waals surface area (Å²) in [6.45, 7) is 3.73. The van der Waals surface area contributed by atoms with E-state index in [1.54, 1.807) is 6.07 Å². The number of hydrogen-bond acceptors (Lipinski definition) is 3. The van der Waals surface area contributed by atoms with Crippen molar-refractivity contribution in [2.75, 3.05) is 23.3 Å². The number of benzene rings is 2. The van der Waals surface area contributed by atoms with Gasteiger partial charge in [0.2, 0.25) is 0 Å². The van der Waals surface area contributed by atoms with Crippen LogP contribution in [0.3, 0.4) is 0 Å². The van der Waals surface area contributed by atoms with Gasteiger partial charge in [-0.15, -0.1) is 0 Å². The molecule has 4 heteroatoms. The zero-order valence-corrected chi connectivity index (χ0v) is 13.2. The first-order valence-electron chi connectivity index (χ1n) is 7.94. The fourth-order valence-electron chi connectivity index (χ4n) is 3.12. The number of aryl methyl sites for hydroxylation is 1. The second kappa shape index (κ2) is 6.70. The molecule has 118 valence electrons. The van der Waals surface area contributed by atoms with Crippen LogP contribution in [0, 0.1) is 24.1 Å². The molecule has 1 fully saturated rings. The molecule has 1 aliphatic heterocycles. The first kappa shape index (κ1) is 15.4. The van der Waals surface area contributed by atoms with E-state index >= 15 is 0 Å². The Balaban J connectivity index is 1.65. The molecule has 0 radical (unpaired) electrons. The molecule has 0 aromatic heterocycles. The molecule has 1 N–H and O–H groups in total. The number of piperidine rings is 1. The molecule has 0 atom stereocenters. The molecule has 0 bridgehead atoms. The highest BCUT2D eigenvalue weighted by molar-refractivity contribution is 5.60. The highest BCUT2D eigenvalue weighted by Crippen LogP contribution is 2.26. The lowest BCUT2D eigenvalue weighted by molar-refractivity contribution is 0.525. The molecule has 2 aromatic rings. The molecule has 1 saturated heterocycles. The average Bonchev–Trinajstić information content (AvgIpc) is 2.55. The highest BCUT2D eigenvalue weighted by Gasteiger charge is 2.22. The minimum atomic E-state index is -0.440. The molecule has 1 aliphatic rings. The van der Waals surface area contributed by atoms with Crippen LogP contribution in [0.1, 0.15) is 24.0 Å². The van der Waals surface area contributed by atoms with Crippen LogP contribution in [-0.4, -0.2) is 19.1 Å². The lowest BCUT2D eigenvalue weighted by Crippen LogP contribution is -2.39. The normalized spacial score (nSPS) is 15.3. The third-order valence-corrected chi connectivity index (χ3v) is 4.33.